The number of hydrogen-bond acceptors (Lipinski definition) is 1. The van der Waals surface area contributed by atoms with Gasteiger partial charge in [-0.1, -0.05) is 37.3 Å². The number of allylic oxidation sites excluding steroid dienone is 3. The number of carbonyl (C=O) groups is 1. The number of aryl methyl sites for hydroxylation is 2. The Hall–Kier alpha value is -1.63. The van der Waals surface area contributed by atoms with Gasteiger partial charge in [0.25, 0.3) is 0 Å². The van der Waals surface area contributed by atoms with Gasteiger partial charge < -0.3 is 0 Å². The van der Waals surface area contributed by atoms with E-state index in [1.165, 1.54) is 11.1 Å². The molecule has 0 N–H and O–H groups in total. The van der Waals surface area contributed by atoms with Gasteiger partial charge >= 0.3 is 0 Å². The van der Waals surface area contributed by atoms with Gasteiger partial charge in [-0.05, 0) is 55.5 Å². The largest absolute Gasteiger partial charge is 0.295 e. The van der Waals surface area contributed by atoms with E-state index < -0.39 is 0 Å². The van der Waals surface area contributed by atoms with Gasteiger partial charge in [0.1, 0.15) is 0 Å². The van der Waals surface area contributed by atoms with Crippen LogP contribution in [0.25, 0.3) is 5.57 Å². The Morgan fingerprint density at radius 2 is 2.00 bits per heavy atom. The molecule has 96 valence electrons. The van der Waals surface area contributed by atoms with Crippen molar-refractivity contribution >= 4 is 11.4 Å². The highest BCUT2D eigenvalue weighted by atomic mass is 16.1. The Kier molecular flexibility index (Phi) is 5.08. The molecule has 0 saturated carbocycles. The van der Waals surface area contributed by atoms with Crippen LogP contribution < -0.4 is 0 Å². The third-order valence-corrected chi connectivity index (χ3v) is 3.05. The van der Waals surface area contributed by atoms with E-state index in [-0.39, 0.29) is 5.78 Å². The predicted molar refractivity (Wildman–Crippen MR) is 78.6 cm³/mol. The van der Waals surface area contributed by atoms with Crippen LogP contribution in [0.5, 0.6) is 0 Å². The summed E-state index contributed by atoms with van der Waals surface area (Å²) in [5.41, 5.74) is 5.24. The highest BCUT2D eigenvalue weighted by molar-refractivity contribution is 5.97. The molecule has 0 saturated heterocycles. The Balaban J connectivity index is 2.97. The van der Waals surface area contributed by atoms with Crippen molar-refractivity contribution in [1.82, 2.24) is 0 Å². The highest BCUT2D eigenvalue weighted by Gasteiger charge is 2.06. The molecule has 0 fully saturated rings. The van der Waals surface area contributed by atoms with E-state index in [1.807, 2.05) is 19.9 Å². The number of rotatable bonds is 5. The number of ketones is 1. The topological polar surface area (TPSA) is 17.1 Å². The highest BCUT2D eigenvalue weighted by Crippen LogP contribution is 2.21. The first-order valence-electron chi connectivity index (χ1n) is 6.43. The Bertz CT molecular complexity index is 492. The van der Waals surface area contributed by atoms with Crippen molar-refractivity contribution in [3.8, 4) is 0 Å². The second-order valence-corrected chi connectivity index (χ2v) is 4.84. The van der Waals surface area contributed by atoms with Crippen LogP contribution >= 0.6 is 0 Å². The van der Waals surface area contributed by atoms with Crippen molar-refractivity contribution in [1.29, 1.82) is 0 Å². The lowest BCUT2D eigenvalue weighted by Gasteiger charge is -2.08. The third-order valence-electron chi connectivity index (χ3n) is 3.05. The van der Waals surface area contributed by atoms with Gasteiger partial charge in [-0.2, -0.15) is 0 Å². The van der Waals surface area contributed by atoms with Crippen molar-refractivity contribution in [2.45, 2.75) is 40.5 Å². The second kappa shape index (κ2) is 6.34. The van der Waals surface area contributed by atoms with Crippen LogP contribution in [0.4, 0.5) is 0 Å². The molecule has 1 aromatic rings. The molecule has 0 radical (unpaired) electrons. The summed E-state index contributed by atoms with van der Waals surface area (Å²) < 4.78 is 0. The SMILES string of the molecule is C=C(/C=C(\C)C(=O)CCC)c1cc(C)ccc1C. The standard InChI is InChI=1S/C17H22O/c1-6-7-17(18)15(5)11-14(4)16-10-12(2)8-9-13(16)3/h8-11H,4,6-7H2,1-3,5H3/b15-11+. The van der Waals surface area contributed by atoms with Crippen LogP contribution in [0.1, 0.15) is 43.4 Å². The van der Waals surface area contributed by atoms with E-state index >= 15 is 0 Å². The lowest BCUT2D eigenvalue weighted by molar-refractivity contribution is -0.115. The van der Waals surface area contributed by atoms with Crippen molar-refractivity contribution in [2.24, 2.45) is 0 Å². The molecular weight excluding hydrogens is 220 g/mol. The van der Waals surface area contributed by atoms with Crippen LogP contribution in [0.2, 0.25) is 0 Å². The molecule has 0 amide bonds. The molecule has 18 heavy (non-hydrogen) atoms. The average molecular weight is 242 g/mol. The summed E-state index contributed by atoms with van der Waals surface area (Å²) >= 11 is 0. The zero-order chi connectivity index (χ0) is 13.7. The van der Waals surface area contributed by atoms with Crippen molar-refractivity contribution in [3.63, 3.8) is 0 Å². The van der Waals surface area contributed by atoms with E-state index in [0.717, 1.165) is 23.1 Å². The zero-order valence-corrected chi connectivity index (χ0v) is 11.8. The van der Waals surface area contributed by atoms with E-state index in [0.29, 0.717) is 6.42 Å². The molecule has 0 spiro atoms. The fourth-order valence-electron chi connectivity index (χ4n) is 1.93. The molecule has 1 nitrogen and oxygen atoms in total. The molecule has 0 aromatic heterocycles. The molecule has 1 heteroatoms. The van der Waals surface area contributed by atoms with E-state index in [9.17, 15) is 4.79 Å². The maximum absolute atomic E-state index is 11.8. The van der Waals surface area contributed by atoms with Crippen LogP contribution in [0, 0.1) is 13.8 Å². The molecule has 0 unspecified atom stereocenters. The van der Waals surface area contributed by atoms with Gasteiger partial charge in [0.2, 0.25) is 0 Å². The quantitative estimate of drug-likeness (QED) is 0.543. The molecule has 0 bridgehead atoms. The Labute approximate surface area is 110 Å². The Morgan fingerprint density at radius 1 is 1.33 bits per heavy atom. The van der Waals surface area contributed by atoms with Crippen LogP contribution in [0.15, 0.2) is 36.4 Å². The minimum Gasteiger partial charge on any atom is -0.295 e. The summed E-state index contributed by atoms with van der Waals surface area (Å²) in [6.07, 6.45) is 3.40. The fraction of sp³-hybridized carbons (Fsp3) is 0.353. The van der Waals surface area contributed by atoms with Crippen molar-refractivity contribution in [3.05, 3.63) is 53.1 Å². The molecule has 0 heterocycles. The van der Waals surface area contributed by atoms with Gasteiger partial charge in [0, 0.05) is 6.42 Å². The van der Waals surface area contributed by atoms with E-state index in [2.05, 4.69) is 38.6 Å². The van der Waals surface area contributed by atoms with Crippen LogP contribution in [-0.4, -0.2) is 5.78 Å². The molecule has 1 rings (SSSR count). The summed E-state index contributed by atoms with van der Waals surface area (Å²) in [6.45, 7) is 12.1. The minimum absolute atomic E-state index is 0.212. The average Bonchev–Trinajstić information content (AvgIpc) is 2.32. The second-order valence-electron chi connectivity index (χ2n) is 4.84. The fourth-order valence-corrected chi connectivity index (χ4v) is 1.93. The molecule has 0 aliphatic carbocycles. The van der Waals surface area contributed by atoms with Gasteiger partial charge in [-0.3, -0.25) is 4.79 Å². The normalized spacial score (nSPS) is 11.4. The Morgan fingerprint density at radius 3 is 2.61 bits per heavy atom. The van der Waals surface area contributed by atoms with E-state index in [4.69, 9.17) is 0 Å². The van der Waals surface area contributed by atoms with Gasteiger partial charge in [-0.25, -0.2) is 0 Å². The number of Topliss-reactive ketones (excluding diaryl/α,β-unsaturated/α-hetero) is 1. The minimum atomic E-state index is 0.212. The monoisotopic (exact) mass is 242 g/mol. The first-order chi connectivity index (χ1) is 8.45. The lowest BCUT2D eigenvalue weighted by Crippen LogP contribution is -1.99. The summed E-state index contributed by atoms with van der Waals surface area (Å²) in [5, 5.41) is 0. The third kappa shape index (κ3) is 3.69. The molecule has 1 aromatic carbocycles. The van der Waals surface area contributed by atoms with Gasteiger partial charge in [-0.15, -0.1) is 0 Å². The summed E-state index contributed by atoms with van der Waals surface area (Å²) in [4.78, 5) is 11.8. The zero-order valence-electron chi connectivity index (χ0n) is 11.8. The maximum Gasteiger partial charge on any atom is 0.158 e. The molecule has 0 atom stereocenters. The molecule has 0 aliphatic rings. The molecule has 0 aliphatic heterocycles. The summed E-state index contributed by atoms with van der Waals surface area (Å²) in [5.74, 6) is 0.212. The van der Waals surface area contributed by atoms with Crippen molar-refractivity contribution < 1.29 is 4.79 Å². The maximum atomic E-state index is 11.8. The van der Waals surface area contributed by atoms with Crippen LogP contribution in [0.3, 0.4) is 0 Å². The molecular formula is C17H22O. The predicted octanol–water partition coefficient (Wildman–Crippen LogP) is 4.63. The summed E-state index contributed by atoms with van der Waals surface area (Å²) in [7, 11) is 0. The lowest BCUT2D eigenvalue weighted by atomic mass is 9.97. The van der Waals surface area contributed by atoms with E-state index in [1.54, 1.807) is 0 Å². The van der Waals surface area contributed by atoms with Gasteiger partial charge in [0.05, 0.1) is 0 Å². The van der Waals surface area contributed by atoms with Crippen molar-refractivity contribution in [2.75, 3.05) is 0 Å². The van der Waals surface area contributed by atoms with Gasteiger partial charge in [0.15, 0.2) is 5.78 Å². The summed E-state index contributed by atoms with van der Waals surface area (Å²) in [6, 6.07) is 6.30. The smallest absolute Gasteiger partial charge is 0.158 e. The first-order valence-corrected chi connectivity index (χ1v) is 6.43. The number of benzene rings is 1. The first kappa shape index (κ1) is 14.4. The number of hydrogen-bond donors (Lipinski definition) is 0. The number of carbonyl (C=O) groups excluding carboxylic acids is 1. The van der Waals surface area contributed by atoms with Crippen LogP contribution in [-0.2, 0) is 4.79 Å².